The van der Waals surface area contributed by atoms with Crippen LogP contribution in [0.2, 0.25) is 19.6 Å². The first-order valence-corrected chi connectivity index (χ1v) is 11.9. The molecule has 0 aromatic carbocycles. The molecule has 0 aromatic heterocycles. The smallest absolute Gasteiger partial charge is 0.129 e. The topological polar surface area (TPSA) is 3.24 Å². The van der Waals surface area contributed by atoms with E-state index in [9.17, 15) is 0 Å². The summed E-state index contributed by atoms with van der Waals surface area (Å²) in [6, 6.07) is 1.64. The van der Waals surface area contributed by atoms with Crippen LogP contribution < -0.4 is 0 Å². The molecule has 0 aromatic rings. The summed E-state index contributed by atoms with van der Waals surface area (Å²) in [6.07, 6.45) is 12.7. The number of rotatable bonds is 2. The van der Waals surface area contributed by atoms with Crippen molar-refractivity contribution in [3.63, 3.8) is 0 Å². The minimum atomic E-state index is -1.21. The standard InChI is InChI=1S/C18H31NSi/c1-16-12-13-17(19-14-8-7-11-18(16)19)10-6-5-9-15-20(2,3)4/h5-6,16-18H,7-8,10-14H2,1-4H3/b6-5-/t16-,17+,18-/m0/s1. The third-order valence-corrected chi connectivity index (χ3v) is 5.62. The van der Waals surface area contributed by atoms with Crippen molar-refractivity contribution in [3.8, 4) is 11.5 Å². The van der Waals surface area contributed by atoms with Gasteiger partial charge < -0.3 is 0 Å². The lowest BCUT2D eigenvalue weighted by Crippen LogP contribution is -2.52. The molecular formula is C18H31NSi. The van der Waals surface area contributed by atoms with Crippen LogP contribution >= 0.6 is 0 Å². The third kappa shape index (κ3) is 4.50. The van der Waals surface area contributed by atoms with Gasteiger partial charge in [0.05, 0.1) is 0 Å². The van der Waals surface area contributed by atoms with E-state index in [2.05, 4.69) is 55.1 Å². The Labute approximate surface area is 126 Å². The first-order chi connectivity index (χ1) is 9.47. The number of nitrogens with zero attached hydrogens (tertiary/aromatic N) is 1. The molecule has 3 atom stereocenters. The number of hydrogen-bond acceptors (Lipinski definition) is 1. The molecule has 2 fully saturated rings. The van der Waals surface area contributed by atoms with Crippen molar-refractivity contribution in [2.75, 3.05) is 6.54 Å². The van der Waals surface area contributed by atoms with E-state index in [0.29, 0.717) is 0 Å². The average molecular weight is 290 g/mol. The van der Waals surface area contributed by atoms with Crippen LogP contribution in [0.4, 0.5) is 0 Å². The SMILES string of the molecule is C[C@H]1CC[C@@H](C/C=C\C#C[Si](C)(C)C)N2CCCC[C@@H]12. The van der Waals surface area contributed by atoms with E-state index < -0.39 is 8.07 Å². The lowest BCUT2D eigenvalue weighted by molar-refractivity contribution is 0.0192. The molecule has 112 valence electrons. The predicted octanol–water partition coefficient (Wildman–Crippen LogP) is 4.47. The highest BCUT2D eigenvalue weighted by Crippen LogP contribution is 2.35. The lowest BCUT2D eigenvalue weighted by Gasteiger charge is -2.48. The van der Waals surface area contributed by atoms with E-state index in [0.717, 1.165) is 18.0 Å². The molecule has 2 rings (SSSR count). The van der Waals surface area contributed by atoms with E-state index >= 15 is 0 Å². The molecule has 2 heteroatoms. The van der Waals surface area contributed by atoms with Crippen LogP contribution in [0, 0.1) is 17.4 Å². The van der Waals surface area contributed by atoms with Gasteiger partial charge in [-0.1, -0.05) is 45.0 Å². The van der Waals surface area contributed by atoms with Crippen molar-refractivity contribution in [1.29, 1.82) is 0 Å². The van der Waals surface area contributed by atoms with Gasteiger partial charge in [-0.25, -0.2) is 0 Å². The molecule has 2 saturated heterocycles. The molecule has 20 heavy (non-hydrogen) atoms. The maximum atomic E-state index is 3.41. The summed E-state index contributed by atoms with van der Waals surface area (Å²) in [5.74, 6) is 4.16. The van der Waals surface area contributed by atoms with Crippen molar-refractivity contribution < 1.29 is 0 Å². The van der Waals surface area contributed by atoms with Crippen LogP contribution in [0.3, 0.4) is 0 Å². The number of allylic oxidation sites excluding steroid dienone is 1. The van der Waals surface area contributed by atoms with Gasteiger partial charge in [0.1, 0.15) is 8.07 Å². The molecule has 2 heterocycles. The van der Waals surface area contributed by atoms with E-state index in [1.165, 1.54) is 45.1 Å². The van der Waals surface area contributed by atoms with Crippen molar-refractivity contribution in [1.82, 2.24) is 4.90 Å². The Hall–Kier alpha value is -0.523. The van der Waals surface area contributed by atoms with Crippen LogP contribution in [-0.2, 0) is 0 Å². The summed E-state index contributed by atoms with van der Waals surface area (Å²) in [5.41, 5.74) is 3.41. The zero-order valence-corrected chi connectivity index (χ0v) is 14.8. The van der Waals surface area contributed by atoms with Gasteiger partial charge >= 0.3 is 0 Å². The van der Waals surface area contributed by atoms with Gasteiger partial charge in [0.2, 0.25) is 0 Å². The monoisotopic (exact) mass is 289 g/mol. The van der Waals surface area contributed by atoms with Crippen molar-refractivity contribution in [2.24, 2.45) is 5.92 Å². The number of hydrogen-bond donors (Lipinski definition) is 0. The van der Waals surface area contributed by atoms with Gasteiger partial charge in [-0.15, -0.1) is 5.54 Å². The minimum Gasteiger partial charge on any atom is -0.297 e. The molecule has 1 nitrogen and oxygen atoms in total. The van der Waals surface area contributed by atoms with Crippen LogP contribution in [-0.4, -0.2) is 31.6 Å². The number of piperidine rings is 2. The molecule has 0 N–H and O–H groups in total. The molecule has 0 unspecified atom stereocenters. The Kier molecular flexibility index (Phi) is 5.52. The molecular weight excluding hydrogens is 258 g/mol. The predicted molar refractivity (Wildman–Crippen MR) is 91.4 cm³/mol. The second-order valence-electron chi connectivity index (χ2n) is 7.67. The van der Waals surface area contributed by atoms with Crippen LogP contribution in [0.25, 0.3) is 0 Å². The van der Waals surface area contributed by atoms with E-state index in [4.69, 9.17) is 0 Å². The fraction of sp³-hybridized carbons (Fsp3) is 0.778. The Bertz CT molecular complexity index is 396. The van der Waals surface area contributed by atoms with Crippen molar-refractivity contribution in [2.45, 2.75) is 77.2 Å². The van der Waals surface area contributed by atoms with E-state index in [1.54, 1.807) is 0 Å². The second-order valence-corrected chi connectivity index (χ2v) is 12.4. The minimum absolute atomic E-state index is 0.779. The average Bonchev–Trinajstić information content (AvgIpc) is 2.40. The molecule has 0 radical (unpaired) electrons. The van der Waals surface area contributed by atoms with Crippen molar-refractivity contribution in [3.05, 3.63) is 12.2 Å². The van der Waals surface area contributed by atoms with Gasteiger partial charge in [-0.3, -0.25) is 4.90 Å². The van der Waals surface area contributed by atoms with Crippen molar-refractivity contribution >= 4 is 8.07 Å². The highest BCUT2D eigenvalue weighted by Gasteiger charge is 2.35. The molecule has 0 bridgehead atoms. The maximum absolute atomic E-state index is 3.41. The van der Waals surface area contributed by atoms with Gasteiger partial charge in [-0.2, -0.15) is 0 Å². The normalized spacial score (nSPS) is 31.7. The largest absolute Gasteiger partial charge is 0.297 e. The Morgan fingerprint density at radius 1 is 1.15 bits per heavy atom. The Morgan fingerprint density at radius 3 is 2.70 bits per heavy atom. The third-order valence-electron chi connectivity index (χ3n) is 4.73. The van der Waals surface area contributed by atoms with Gasteiger partial charge in [0.15, 0.2) is 0 Å². The fourth-order valence-corrected chi connectivity index (χ4v) is 4.17. The maximum Gasteiger partial charge on any atom is 0.129 e. The number of fused-ring (bicyclic) bond motifs is 1. The molecule has 2 aliphatic heterocycles. The van der Waals surface area contributed by atoms with Gasteiger partial charge in [0.25, 0.3) is 0 Å². The van der Waals surface area contributed by atoms with Crippen LogP contribution in [0.15, 0.2) is 12.2 Å². The quantitative estimate of drug-likeness (QED) is 0.535. The molecule has 2 aliphatic rings. The summed E-state index contributed by atoms with van der Waals surface area (Å²) in [5, 5.41) is 0. The Balaban J connectivity index is 1.88. The summed E-state index contributed by atoms with van der Waals surface area (Å²) in [7, 11) is -1.21. The Morgan fingerprint density at radius 2 is 1.95 bits per heavy atom. The van der Waals surface area contributed by atoms with Crippen LogP contribution in [0.5, 0.6) is 0 Å². The first kappa shape index (κ1) is 15.9. The summed E-state index contributed by atoms with van der Waals surface area (Å²) in [4.78, 5) is 2.81. The summed E-state index contributed by atoms with van der Waals surface area (Å²) < 4.78 is 0. The van der Waals surface area contributed by atoms with E-state index in [-0.39, 0.29) is 0 Å². The second kappa shape index (κ2) is 6.96. The molecule has 0 aliphatic carbocycles. The van der Waals surface area contributed by atoms with Crippen LogP contribution in [0.1, 0.15) is 45.4 Å². The first-order valence-electron chi connectivity index (χ1n) is 8.41. The van der Waals surface area contributed by atoms with E-state index in [1.807, 2.05) is 0 Å². The molecule has 0 amide bonds. The zero-order chi connectivity index (χ0) is 14.6. The highest BCUT2D eigenvalue weighted by molar-refractivity contribution is 6.83. The molecule has 0 spiro atoms. The fourth-order valence-electron chi connectivity index (χ4n) is 3.65. The summed E-state index contributed by atoms with van der Waals surface area (Å²) in [6.45, 7) is 10.7. The van der Waals surface area contributed by atoms with Gasteiger partial charge in [0, 0.05) is 12.1 Å². The zero-order valence-electron chi connectivity index (χ0n) is 13.8. The van der Waals surface area contributed by atoms with Gasteiger partial charge in [-0.05, 0) is 50.6 Å². The lowest BCUT2D eigenvalue weighted by atomic mass is 9.81. The summed E-state index contributed by atoms with van der Waals surface area (Å²) >= 11 is 0. The highest BCUT2D eigenvalue weighted by atomic mass is 28.3. The molecule has 0 saturated carbocycles.